The summed E-state index contributed by atoms with van der Waals surface area (Å²) in [5.41, 5.74) is 3.37. The maximum Gasteiger partial charge on any atom is 0.407 e. The van der Waals surface area contributed by atoms with E-state index in [2.05, 4.69) is 25.6 Å². The molecule has 0 aliphatic carbocycles. The van der Waals surface area contributed by atoms with E-state index in [0.717, 1.165) is 16.9 Å². The van der Waals surface area contributed by atoms with Crippen LogP contribution < -0.4 is 10.6 Å². The number of benzene rings is 1. The molecule has 26 heavy (non-hydrogen) atoms. The molecule has 0 unspecified atom stereocenters. The van der Waals surface area contributed by atoms with Gasteiger partial charge in [0.2, 0.25) is 0 Å². The molecule has 0 spiro atoms. The molecule has 0 aliphatic heterocycles. The molecule has 2 heterocycles. The van der Waals surface area contributed by atoms with Crippen LogP contribution >= 0.6 is 0 Å². The van der Waals surface area contributed by atoms with Gasteiger partial charge in [0.15, 0.2) is 0 Å². The van der Waals surface area contributed by atoms with Crippen molar-refractivity contribution in [2.75, 3.05) is 11.9 Å². The fraction of sp³-hybridized carbons (Fsp3) is 0.222. The molecule has 2 aromatic heterocycles. The molecule has 0 fully saturated rings. The number of aromatic amines is 1. The molecule has 3 aromatic rings. The Morgan fingerprint density at radius 1 is 1.23 bits per heavy atom. The lowest BCUT2D eigenvalue weighted by Gasteiger charge is -2.08. The van der Waals surface area contributed by atoms with Gasteiger partial charge >= 0.3 is 6.09 Å². The van der Waals surface area contributed by atoms with Crippen molar-refractivity contribution in [2.24, 2.45) is 0 Å². The molecule has 8 nitrogen and oxygen atoms in total. The first-order valence-electron chi connectivity index (χ1n) is 8.18. The average Bonchev–Trinajstić information content (AvgIpc) is 3.00. The standard InChI is InChI=1S/C18H19N5O3/c1-3-26-18(25)20-10-14-8-12(6-7-19-14)17(24)23-13-4-5-15-16(9-13)22-11(2)21-15/h4-9H,3,10H2,1-2H3,(H,20,25)(H,21,22)(H,23,24). The molecule has 0 saturated carbocycles. The van der Waals surface area contributed by atoms with Crippen molar-refractivity contribution in [2.45, 2.75) is 20.4 Å². The molecular weight excluding hydrogens is 334 g/mol. The number of amides is 2. The Hall–Kier alpha value is -3.42. The van der Waals surface area contributed by atoms with Crippen molar-refractivity contribution < 1.29 is 14.3 Å². The lowest BCUT2D eigenvalue weighted by Crippen LogP contribution is -2.24. The summed E-state index contributed by atoms with van der Waals surface area (Å²) in [5, 5.41) is 5.42. The van der Waals surface area contributed by atoms with Gasteiger partial charge in [-0.2, -0.15) is 0 Å². The fourth-order valence-corrected chi connectivity index (χ4v) is 2.48. The van der Waals surface area contributed by atoms with Gasteiger partial charge in [0.1, 0.15) is 5.82 Å². The number of rotatable bonds is 5. The third-order valence-electron chi connectivity index (χ3n) is 3.63. The molecule has 0 saturated heterocycles. The Morgan fingerprint density at radius 3 is 2.88 bits per heavy atom. The molecule has 0 bridgehead atoms. The highest BCUT2D eigenvalue weighted by molar-refractivity contribution is 6.05. The van der Waals surface area contributed by atoms with Crippen molar-refractivity contribution in [3.8, 4) is 0 Å². The van der Waals surface area contributed by atoms with Crippen LogP contribution in [0.1, 0.15) is 28.8 Å². The first kappa shape index (κ1) is 17.4. The van der Waals surface area contributed by atoms with Gasteiger partial charge in [0.25, 0.3) is 5.91 Å². The summed E-state index contributed by atoms with van der Waals surface area (Å²) < 4.78 is 4.79. The smallest absolute Gasteiger partial charge is 0.407 e. The average molecular weight is 353 g/mol. The fourth-order valence-electron chi connectivity index (χ4n) is 2.48. The van der Waals surface area contributed by atoms with Crippen LogP contribution in [0.15, 0.2) is 36.5 Å². The first-order valence-corrected chi connectivity index (χ1v) is 8.18. The van der Waals surface area contributed by atoms with Crippen molar-refractivity contribution in [3.05, 3.63) is 53.6 Å². The molecule has 0 atom stereocenters. The van der Waals surface area contributed by atoms with E-state index in [1.165, 1.54) is 6.20 Å². The number of pyridine rings is 1. The molecule has 3 N–H and O–H groups in total. The van der Waals surface area contributed by atoms with Crippen molar-refractivity contribution >= 4 is 28.7 Å². The van der Waals surface area contributed by atoms with Crippen molar-refractivity contribution in [1.29, 1.82) is 0 Å². The number of hydrogen-bond donors (Lipinski definition) is 3. The van der Waals surface area contributed by atoms with E-state index in [-0.39, 0.29) is 12.5 Å². The number of fused-ring (bicyclic) bond motifs is 1. The number of carbonyl (C=O) groups is 2. The Morgan fingerprint density at radius 2 is 2.08 bits per heavy atom. The van der Waals surface area contributed by atoms with Gasteiger partial charge < -0.3 is 20.4 Å². The highest BCUT2D eigenvalue weighted by Gasteiger charge is 2.10. The minimum absolute atomic E-state index is 0.180. The number of imidazole rings is 1. The summed E-state index contributed by atoms with van der Waals surface area (Å²) in [6, 6.07) is 8.71. The Bertz CT molecular complexity index is 951. The van der Waals surface area contributed by atoms with Gasteiger partial charge in [-0.25, -0.2) is 9.78 Å². The van der Waals surface area contributed by atoms with E-state index in [9.17, 15) is 9.59 Å². The van der Waals surface area contributed by atoms with E-state index in [1.54, 1.807) is 25.1 Å². The second-order valence-corrected chi connectivity index (χ2v) is 5.62. The number of carbonyl (C=O) groups excluding carboxylic acids is 2. The predicted octanol–water partition coefficient (Wildman–Crippen LogP) is 2.76. The van der Waals surface area contributed by atoms with Gasteiger partial charge in [-0.1, -0.05) is 0 Å². The first-order chi connectivity index (χ1) is 12.5. The minimum Gasteiger partial charge on any atom is -0.450 e. The zero-order valence-corrected chi connectivity index (χ0v) is 14.5. The van der Waals surface area contributed by atoms with Gasteiger partial charge in [-0.15, -0.1) is 0 Å². The zero-order valence-electron chi connectivity index (χ0n) is 14.5. The van der Waals surface area contributed by atoms with Crippen LogP contribution in [0, 0.1) is 6.92 Å². The summed E-state index contributed by atoms with van der Waals surface area (Å²) in [4.78, 5) is 35.4. The third kappa shape index (κ3) is 4.15. The van der Waals surface area contributed by atoms with E-state index in [4.69, 9.17) is 4.74 Å². The quantitative estimate of drug-likeness (QED) is 0.653. The maximum absolute atomic E-state index is 12.5. The lowest BCUT2D eigenvalue weighted by atomic mass is 10.2. The lowest BCUT2D eigenvalue weighted by molar-refractivity contribution is 0.102. The summed E-state index contributed by atoms with van der Waals surface area (Å²) in [6.07, 6.45) is 1.01. The number of nitrogens with one attached hydrogen (secondary N) is 3. The van der Waals surface area contributed by atoms with E-state index in [1.807, 2.05) is 19.1 Å². The van der Waals surface area contributed by atoms with Crippen LogP contribution in [-0.2, 0) is 11.3 Å². The maximum atomic E-state index is 12.5. The number of aryl methyl sites for hydroxylation is 1. The highest BCUT2D eigenvalue weighted by Crippen LogP contribution is 2.18. The largest absolute Gasteiger partial charge is 0.450 e. The number of aromatic nitrogens is 3. The Labute approximate surface area is 150 Å². The van der Waals surface area contributed by atoms with Crippen molar-refractivity contribution in [3.63, 3.8) is 0 Å². The van der Waals surface area contributed by atoms with E-state index in [0.29, 0.717) is 23.6 Å². The number of alkyl carbamates (subject to hydrolysis) is 1. The molecule has 1 aromatic carbocycles. The van der Waals surface area contributed by atoms with E-state index < -0.39 is 6.09 Å². The Kier molecular flexibility index (Phi) is 5.12. The van der Waals surface area contributed by atoms with Crippen LogP contribution in [0.5, 0.6) is 0 Å². The third-order valence-corrected chi connectivity index (χ3v) is 3.63. The second-order valence-electron chi connectivity index (χ2n) is 5.62. The molecule has 8 heteroatoms. The van der Waals surface area contributed by atoms with Gasteiger partial charge in [-0.3, -0.25) is 9.78 Å². The minimum atomic E-state index is -0.521. The molecule has 2 amide bonds. The summed E-state index contributed by atoms with van der Waals surface area (Å²) >= 11 is 0. The Balaban J connectivity index is 1.68. The van der Waals surface area contributed by atoms with Gasteiger partial charge in [0, 0.05) is 17.4 Å². The predicted molar refractivity (Wildman–Crippen MR) is 96.9 cm³/mol. The molecule has 3 rings (SSSR count). The number of anilines is 1. The number of nitrogens with zero attached hydrogens (tertiary/aromatic N) is 2. The number of ether oxygens (including phenoxy) is 1. The number of H-pyrrole nitrogens is 1. The summed E-state index contributed by atoms with van der Waals surface area (Å²) in [6.45, 7) is 4.08. The van der Waals surface area contributed by atoms with E-state index >= 15 is 0 Å². The molecule has 0 radical (unpaired) electrons. The van der Waals surface area contributed by atoms with Crippen LogP contribution in [0.2, 0.25) is 0 Å². The second kappa shape index (κ2) is 7.64. The van der Waals surface area contributed by atoms with Crippen LogP contribution in [0.3, 0.4) is 0 Å². The van der Waals surface area contributed by atoms with Crippen molar-refractivity contribution in [1.82, 2.24) is 20.3 Å². The zero-order chi connectivity index (χ0) is 18.5. The van der Waals surface area contributed by atoms with Crippen LogP contribution in [-0.4, -0.2) is 33.6 Å². The number of hydrogen-bond acceptors (Lipinski definition) is 5. The van der Waals surface area contributed by atoms with Gasteiger partial charge in [-0.05, 0) is 44.2 Å². The molecular formula is C18H19N5O3. The summed E-state index contributed by atoms with van der Waals surface area (Å²) in [5.74, 6) is 0.553. The SMILES string of the molecule is CCOC(=O)NCc1cc(C(=O)Nc2ccc3nc(C)[nH]c3c2)ccn1. The molecule has 134 valence electrons. The van der Waals surface area contributed by atoms with Crippen LogP contribution in [0.4, 0.5) is 10.5 Å². The topological polar surface area (TPSA) is 109 Å². The van der Waals surface area contributed by atoms with Gasteiger partial charge in [0.05, 0.1) is 29.9 Å². The normalized spacial score (nSPS) is 10.5. The van der Waals surface area contributed by atoms with Crippen LogP contribution in [0.25, 0.3) is 11.0 Å². The summed E-state index contributed by atoms with van der Waals surface area (Å²) in [7, 11) is 0. The highest BCUT2D eigenvalue weighted by atomic mass is 16.5. The molecule has 0 aliphatic rings. The monoisotopic (exact) mass is 353 g/mol.